The number of nitrogens with two attached hydrogens (primary N) is 1. The monoisotopic (exact) mass is 255 g/mol. The summed E-state index contributed by atoms with van der Waals surface area (Å²) < 4.78 is 0. The fourth-order valence-corrected chi connectivity index (χ4v) is 2.17. The molecule has 5 nitrogen and oxygen atoms in total. The molecule has 1 rings (SSSR count). The minimum atomic E-state index is -0.391. The lowest BCUT2D eigenvalue weighted by Crippen LogP contribution is -2.45. The van der Waals surface area contributed by atoms with Crippen molar-refractivity contribution >= 4 is 23.1 Å². The van der Waals surface area contributed by atoms with Crippen molar-refractivity contribution in [2.45, 2.75) is 32.2 Å². The second-order valence-corrected chi connectivity index (χ2v) is 4.72. The lowest BCUT2D eigenvalue weighted by Gasteiger charge is -2.16. The Kier molecular flexibility index (Phi) is 5.48. The van der Waals surface area contributed by atoms with Crippen LogP contribution >= 0.6 is 11.3 Å². The van der Waals surface area contributed by atoms with E-state index < -0.39 is 6.04 Å². The molecule has 1 unspecified atom stereocenters. The van der Waals surface area contributed by atoms with Crippen LogP contribution in [-0.2, 0) is 11.2 Å². The molecule has 6 heteroatoms. The Hall–Kier alpha value is -1.56. The molecule has 0 aliphatic carbocycles. The third-order valence-electron chi connectivity index (χ3n) is 2.30. The van der Waals surface area contributed by atoms with Gasteiger partial charge in [0, 0.05) is 4.88 Å². The number of thiophene rings is 1. The van der Waals surface area contributed by atoms with Gasteiger partial charge in [-0.3, -0.25) is 4.79 Å². The molecule has 4 N–H and O–H groups in total. The van der Waals surface area contributed by atoms with Crippen LogP contribution in [0.2, 0.25) is 0 Å². The van der Waals surface area contributed by atoms with E-state index in [4.69, 9.17) is 10.9 Å². The van der Waals surface area contributed by atoms with Crippen LogP contribution in [0, 0.1) is 0 Å². The van der Waals surface area contributed by atoms with Gasteiger partial charge in [0.1, 0.15) is 0 Å². The predicted octanol–water partition coefficient (Wildman–Crippen LogP) is 1.32. The van der Waals surface area contributed by atoms with E-state index in [0.717, 1.165) is 11.3 Å². The summed E-state index contributed by atoms with van der Waals surface area (Å²) in [6, 6.07) is 3.42. The summed E-state index contributed by atoms with van der Waals surface area (Å²) in [5, 5.41) is 16.2. The van der Waals surface area contributed by atoms with Gasteiger partial charge >= 0.3 is 0 Å². The molecule has 1 atom stereocenters. The van der Waals surface area contributed by atoms with E-state index in [0.29, 0.717) is 12.8 Å². The van der Waals surface area contributed by atoms with E-state index >= 15 is 0 Å². The first-order chi connectivity index (χ1) is 8.17. The number of amides is 1. The molecule has 0 fully saturated rings. The molecule has 0 spiro atoms. The molecular formula is C11H17N3O2S. The topological polar surface area (TPSA) is 87.7 Å². The van der Waals surface area contributed by atoms with Crippen molar-refractivity contribution < 1.29 is 10.0 Å². The first-order valence-corrected chi connectivity index (χ1v) is 6.34. The number of nitrogens with zero attached hydrogens (tertiary/aromatic N) is 1. The molecule has 94 valence electrons. The number of hydrogen-bond donors (Lipinski definition) is 3. The van der Waals surface area contributed by atoms with Crippen LogP contribution in [0.15, 0.2) is 22.7 Å². The van der Waals surface area contributed by atoms with Gasteiger partial charge in [-0.05, 0) is 17.9 Å². The lowest BCUT2D eigenvalue weighted by atomic mass is 10.1. The fourth-order valence-electron chi connectivity index (χ4n) is 1.47. The molecule has 1 amide bonds. The summed E-state index contributed by atoms with van der Waals surface area (Å²) in [7, 11) is 0. The number of carbonyl (C=O) groups excluding carboxylic acids is 1. The number of carbonyl (C=O) groups is 1. The summed E-state index contributed by atoms with van der Waals surface area (Å²) in [4.78, 5) is 12.7. The highest BCUT2D eigenvalue weighted by atomic mass is 32.1. The van der Waals surface area contributed by atoms with Gasteiger partial charge in [0.2, 0.25) is 5.91 Å². The van der Waals surface area contributed by atoms with Crippen molar-refractivity contribution in [3.05, 3.63) is 22.4 Å². The van der Waals surface area contributed by atoms with Gasteiger partial charge < -0.3 is 16.3 Å². The van der Waals surface area contributed by atoms with E-state index in [1.54, 1.807) is 0 Å². The normalized spacial score (nSPS) is 13.4. The first-order valence-electron chi connectivity index (χ1n) is 5.46. The molecule has 0 radical (unpaired) electrons. The van der Waals surface area contributed by atoms with Gasteiger partial charge in [0.25, 0.3) is 0 Å². The van der Waals surface area contributed by atoms with Crippen LogP contribution in [0.4, 0.5) is 0 Å². The second-order valence-electron chi connectivity index (χ2n) is 3.69. The quantitative estimate of drug-likeness (QED) is 0.310. The average Bonchev–Trinajstić information content (AvgIpc) is 2.80. The maximum atomic E-state index is 11.7. The van der Waals surface area contributed by atoms with E-state index in [-0.39, 0.29) is 11.7 Å². The van der Waals surface area contributed by atoms with Gasteiger partial charge in [-0.1, -0.05) is 24.6 Å². The van der Waals surface area contributed by atoms with Gasteiger partial charge in [0.15, 0.2) is 5.84 Å². The number of amidine groups is 1. The third kappa shape index (κ3) is 4.44. The lowest BCUT2D eigenvalue weighted by molar-refractivity contribution is -0.120. The molecule has 1 aromatic heterocycles. The predicted molar refractivity (Wildman–Crippen MR) is 68.3 cm³/mol. The van der Waals surface area contributed by atoms with Crippen molar-refractivity contribution in [3.8, 4) is 0 Å². The highest BCUT2D eigenvalue weighted by Gasteiger charge is 2.16. The van der Waals surface area contributed by atoms with Crippen LogP contribution in [0.5, 0.6) is 0 Å². The highest BCUT2D eigenvalue weighted by Crippen LogP contribution is 2.09. The zero-order valence-electron chi connectivity index (χ0n) is 9.72. The van der Waals surface area contributed by atoms with Crippen LogP contribution in [-0.4, -0.2) is 23.0 Å². The highest BCUT2D eigenvalue weighted by molar-refractivity contribution is 7.10. The third-order valence-corrected chi connectivity index (χ3v) is 3.18. The fraction of sp³-hybridized carbons (Fsp3) is 0.455. The second kappa shape index (κ2) is 6.90. The summed E-state index contributed by atoms with van der Waals surface area (Å²) in [6.45, 7) is 1.98. The van der Waals surface area contributed by atoms with Crippen LogP contribution in [0.1, 0.15) is 24.6 Å². The van der Waals surface area contributed by atoms with Gasteiger partial charge in [-0.15, -0.1) is 11.3 Å². The number of hydrogen-bond acceptors (Lipinski definition) is 4. The Balaban J connectivity index is 2.52. The Morgan fingerprint density at radius 1 is 1.71 bits per heavy atom. The van der Waals surface area contributed by atoms with Crippen LogP contribution in [0.25, 0.3) is 0 Å². The summed E-state index contributed by atoms with van der Waals surface area (Å²) >= 11 is 1.53. The van der Waals surface area contributed by atoms with E-state index in [1.807, 2.05) is 24.4 Å². The molecule has 0 saturated heterocycles. The standard InChI is InChI=1S/C11H17N3O2S/c1-2-4-9(11(12)14-16)13-10(15)7-8-5-3-6-17-8/h3,5-6,9,16H,2,4,7H2,1H3,(H2,12,14)(H,13,15). The molecule has 0 aliphatic heterocycles. The number of rotatable bonds is 6. The van der Waals surface area contributed by atoms with E-state index in [9.17, 15) is 4.79 Å². The summed E-state index contributed by atoms with van der Waals surface area (Å²) in [5.41, 5.74) is 5.51. The summed E-state index contributed by atoms with van der Waals surface area (Å²) in [6.07, 6.45) is 1.84. The van der Waals surface area contributed by atoms with Crippen molar-refractivity contribution in [2.75, 3.05) is 0 Å². The van der Waals surface area contributed by atoms with Crippen molar-refractivity contribution in [1.82, 2.24) is 5.32 Å². The zero-order valence-corrected chi connectivity index (χ0v) is 10.5. The molecule has 0 aromatic carbocycles. The SMILES string of the molecule is CCCC(NC(=O)Cc1cccs1)/C(N)=N/O. The minimum Gasteiger partial charge on any atom is -0.409 e. The maximum Gasteiger partial charge on any atom is 0.225 e. The van der Waals surface area contributed by atoms with Gasteiger partial charge in [-0.2, -0.15) is 0 Å². The smallest absolute Gasteiger partial charge is 0.225 e. The van der Waals surface area contributed by atoms with Crippen molar-refractivity contribution in [2.24, 2.45) is 10.9 Å². The molecule has 1 aromatic rings. The summed E-state index contributed by atoms with van der Waals surface area (Å²) in [5.74, 6) is -0.0659. The van der Waals surface area contributed by atoms with Gasteiger partial charge in [-0.25, -0.2) is 0 Å². The average molecular weight is 255 g/mol. The van der Waals surface area contributed by atoms with E-state index in [2.05, 4.69) is 10.5 Å². The minimum absolute atomic E-state index is 0.0476. The van der Waals surface area contributed by atoms with E-state index in [1.165, 1.54) is 11.3 Å². The Morgan fingerprint density at radius 3 is 3.00 bits per heavy atom. The van der Waals surface area contributed by atoms with Crippen molar-refractivity contribution in [3.63, 3.8) is 0 Å². The molecular weight excluding hydrogens is 238 g/mol. The van der Waals surface area contributed by atoms with Crippen LogP contribution in [0.3, 0.4) is 0 Å². The zero-order chi connectivity index (χ0) is 12.7. The molecule has 0 bridgehead atoms. The molecule has 17 heavy (non-hydrogen) atoms. The number of oxime groups is 1. The largest absolute Gasteiger partial charge is 0.409 e. The maximum absolute atomic E-state index is 11.7. The Bertz CT molecular complexity index is 376. The molecule has 0 saturated carbocycles. The first kappa shape index (κ1) is 13.5. The molecule has 1 heterocycles. The van der Waals surface area contributed by atoms with Crippen molar-refractivity contribution in [1.29, 1.82) is 0 Å². The van der Waals surface area contributed by atoms with Crippen LogP contribution < -0.4 is 11.1 Å². The number of nitrogens with one attached hydrogen (secondary N) is 1. The van der Waals surface area contributed by atoms with Gasteiger partial charge in [0.05, 0.1) is 12.5 Å². The molecule has 0 aliphatic rings. The Labute approximate surface area is 104 Å². The Morgan fingerprint density at radius 2 is 2.47 bits per heavy atom.